The van der Waals surface area contributed by atoms with Crippen LogP contribution >= 0.6 is 0 Å². The number of rotatable bonds is 6. The summed E-state index contributed by atoms with van der Waals surface area (Å²) in [7, 11) is 3.60. The van der Waals surface area contributed by atoms with Crippen molar-refractivity contribution in [1.29, 1.82) is 0 Å². The quantitative estimate of drug-likeness (QED) is 0.433. The zero-order valence-corrected chi connectivity index (χ0v) is 16.3. The number of nitrogens with zero attached hydrogens (tertiary/aromatic N) is 5. The van der Waals surface area contributed by atoms with Crippen LogP contribution in [-0.4, -0.2) is 85.7 Å². The molecule has 0 radical (unpaired) electrons. The van der Waals surface area contributed by atoms with E-state index < -0.39 is 0 Å². The molecule has 3 heterocycles. The zero-order chi connectivity index (χ0) is 19.1. The van der Waals surface area contributed by atoms with Gasteiger partial charge < -0.3 is 24.6 Å². The molecular formula is C18H30N6O3. The SMILES string of the molecule is CN=C(NCCCOC1CCOCC1)N1CCN(c2cnn(C)c2)C(=O)C1. The number of nitrogens with one attached hydrogen (secondary N) is 1. The number of carbonyl (C=O) groups excluding carboxylic acids is 1. The van der Waals surface area contributed by atoms with Gasteiger partial charge in [-0.05, 0) is 19.3 Å². The molecule has 3 rings (SSSR count). The fourth-order valence-corrected chi connectivity index (χ4v) is 3.37. The number of aromatic nitrogens is 2. The molecule has 0 atom stereocenters. The highest BCUT2D eigenvalue weighted by atomic mass is 16.5. The first-order valence-electron chi connectivity index (χ1n) is 9.61. The lowest BCUT2D eigenvalue weighted by Crippen LogP contribution is -2.55. The van der Waals surface area contributed by atoms with Crippen molar-refractivity contribution in [2.45, 2.75) is 25.4 Å². The fourth-order valence-electron chi connectivity index (χ4n) is 3.37. The van der Waals surface area contributed by atoms with Gasteiger partial charge in [-0.3, -0.25) is 14.5 Å². The molecule has 0 saturated carbocycles. The minimum absolute atomic E-state index is 0.0556. The molecule has 0 unspecified atom stereocenters. The van der Waals surface area contributed by atoms with Crippen molar-refractivity contribution in [3.05, 3.63) is 12.4 Å². The number of ether oxygens (including phenoxy) is 2. The van der Waals surface area contributed by atoms with Crippen molar-refractivity contribution in [1.82, 2.24) is 20.0 Å². The van der Waals surface area contributed by atoms with Gasteiger partial charge in [0.1, 0.15) is 6.54 Å². The number of anilines is 1. The van der Waals surface area contributed by atoms with Gasteiger partial charge in [-0.25, -0.2) is 0 Å². The minimum atomic E-state index is 0.0556. The van der Waals surface area contributed by atoms with Crippen molar-refractivity contribution >= 4 is 17.6 Å². The van der Waals surface area contributed by atoms with Crippen LogP contribution in [0.1, 0.15) is 19.3 Å². The van der Waals surface area contributed by atoms with Gasteiger partial charge in [0.25, 0.3) is 0 Å². The van der Waals surface area contributed by atoms with E-state index in [-0.39, 0.29) is 5.91 Å². The summed E-state index contributed by atoms with van der Waals surface area (Å²) in [4.78, 5) is 20.6. The first kappa shape index (κ1) is 19.6. The Morgan fingerprint density at radius 2 is 2.22 bits per heavy atom. The van der Waals surface area contributed by atoms with Gasteiger partial charge in [0.05, 0.1) is 18.0 Å². The van der Waals surface area contributed by atoms with E-state index in [0.717, 1.165) is 63.8 Å². The predicted molar refractivity (Wildman–Crippen MR) is 103 cm³/mol. The molecule has 9 heteroatoms. The Labute approximate surface area is 160 Å². The second kappa shape index (κ2) is 9.70. The summed E-state index contributed by atoms with van der Waals surface area (Å²) in [6.07, 6.45) is 6.78. The lowest BCUT2D eigenvalue weighted by molar-refractivity contribution is -0.120. The van der Waals surface area contributed by atoms with Crippen molar-refractivity contribution in [3.63, 3.8) is 0 Å². The molecular weight excluding hydrogens is 348 g/mol. The molecule has 2 saturated heterocycles. The third kappa shape index (κ3) is 5.43. The molecule has 0 aromatic carbocycles. The Kier molecular flexibility index (Phi) is 7.05. The van der Waals surface area contributed by atoms with E-state index in [4.69, 9.17) is 9.47 Å². The van der Waals surface area contributed by atoms with Crippen molar-refractivity contribution in [3.8, 4) is 0 Å². The van der Waals surface area contributed by atoms with Crippen LogP contribution in [0.15, 0.2) is 17.4 Å². The van der Waals surface area contributed by atoms with E-state index in [1.54, 1.807) is 22.8 Å². The zero-order valence-electron chi connectivity index (χ0n) is 16.3. The van der Waals surface area contributed by atoms with Gasteiger partial charge >= 0.3 is 0 Å². The van der Waals surface area contributed by atoms with Crippen LogP contribution in [0.25, 0.3) is 0 Å². The highest BCUT2D eigenvalue weighted by molar-refractivity contribution is 5.98. The van der Waals surface area contributed by atoms with Gasteiger partial charge in [-0.1, -0.05) is 0 Å². The smallest absolute Gasteiger partial charge is 0.246 e. The first-order valence-corrected chi connectivity index (χ1v) is 9.61. The van der Waals surface area contributed by atoms with Crippen LogP contribution in [0, 0.1) is 0 Å². The summed E-state index contributed by atoms with van der Waals surface area (Å²) < 4.78 is 12.9. The van der Waals surface area contributed by atoms with Gasteiger partial charge in [0, 0.05) is 59.7 Å². The van der Waals surface area contributed by atoms with Crippen LogP contribution in [-0.2, 0) is 21.3 Å². The largest absolute Gasteiger partial charge is 0.381 e. The van der Waals surface area contributed by atoms with Gasteiger partial charge in [-0.2, -0.15) is 5.10 Å². The Bertz CT molecular complexity index is 641. The molecule has 150 valence electrons. The molecule has 2 fully saturated rings. The molecule has 0 aliphatic carbocycles. The molecule has 1 aromatic heterocycles. The number of hydrogen-bond acceptors (Lipinski definition) is 5. The van der Waals surface area contributed by atoms with E-state index in [1.165, 1.54) is 0 Å². The topological polar surface area (TPSA) is 84.2 Å². The van der Waals surface area contributed by atoms with Crippen LogP contribution in [0.3, 0.4) is 0 Å². The summed E-state index contributed by atoms with van der Waals surface area (Å²) in [6, 6.07) is 0. The van der Waals surface area contributed by atoms with Gasteiger partial charge in [-0.15, -0.1) is 0 Å². The summed E-state index contributed by atoms with van der Waals surface area (Å²) in [5, 5.41) is 7.48. The average molecular weight is 378 g/mol. The third-order valence-corrected chi connectivity index (χ3v) is 4.86. The predicted octanol–water partition coefficient (Wildman–Crippen LogP) is 0.230. The number of guanidine groups is 1. The van der Waals surface area contributed by atoms with E-state index in [9.17, 15) is 4.79 Å². The lowest BCUT2D eigenvalue weighted by Gasteiger charge is -2.35. The maximum atomic E-state index is 12.5. The molecule has 1 aromatic rings. The Morgan fingerprint density at radius 3 is 2.89 bits per heavy atom. The molecule has 1 amide bonds. The molecule has 0 spiro atoms. The summed E-state index contributed by atoms with van der Waals surface area (Å²) in [5.41, 5.74) is 0.843. The number of piperazine rings is 1. The molecule has 27 heavy (non-hydrogen) atoms. The standard InChI is InChI=1S/C18H30N6O3/c1-19-18(20-6-3-9-27-16-4-10-26-11-5-16)23-7-8-24(17(25)14-23)15-12-21-22(2)13-15/h12-13,16H,3-11,14H2,1-2H3,(H,19,20). The normalized spacial score (nSPS) is 19.6. The van der Waals surface area contributed by atoms with Crippen LogP contribution in [0.5, 0.6) is 0 Å². The Hall–Kier alpha value is -2.13. The van der Waals surface area contributed by atoms with Crippen LogP contribution in [0.4, 0.5) is 5.69 Å². The number of aryl methyl sites for hydroxylation is 1. The van der Waals surface area contributed by atoms with Gasteiger partial charge in [0.15, 0.2) is 5.96 Å². The van der Waals surface area contributed by atoms with Crippen LogP contribution < -0.4 is 10.2 Å². The fraction of sp³-hybridized carbons (Fsp3) is 0.722. The maximum Gasteiger partial charge on any atom is 0.246 e. The van der Waals surface area contributed by atoms with Crippen molar-refractivity contribution in [2.75, 3.05) is 57.9 Å². The molecule has 0 bridgehead atoms. The molecule has 9 nitrogen and oxygen atoms in total. The highest BCUT2D eigenvalue weighted by Gasteiger charge is 2.27. The number of amides is 1. The maximum absolute atomic E-state index is 12.5. The van der Waals surface area contributed by atoms with Gasteiger partial charge in [0.2, 0.25) is 5.91 Å². The highest BCUT2D eigenvalue weighted by Crippen LogP contribution is 2.16. The average Bonchev–Trinajstić information content (AvgIpc) is 3.11. The first-order chi connectivity index (χ1) is 13.2. The second-order valence-electron chi connectivity index (χ2n) is 6.85. The molecule has 2 aliphatic rings. The summed E-state index contributed by atoms with van der Waals surface area (Å²) in [5.74, 6) is 0.820. The lowest BCUT2D eigenvalue weighted by atomic mass is 10.1. The van der Waals surface area contributed by atoms with Crippen molar-refractivity contribution in [2.24, 2.45) is 12.0 Å². The number of hydrogen-bond donors (Lipinski definition) is 1. The molecule has 1 N–H and O–H groups in total. The Morgan fingerprint density at radius 1 is 1.41 bits per heavy atom. The van der Waals surface area contributed by atoms with E-state index >= 15 is 0 Å². The molecule has 2 aliphatic heterocycles. The summed E-state index contributed by atoms with van der Waals surface area (Å²) >= 11 is 0. The van der Waals surface area contributed by atoms with E-state index in [0.29, 0.717) is 19.2 Å². The number of aliphatic imine (C=N–C) groups is 1. The summed E-state index contributed by atoms with van der Waals surface area (Å²) in [6.45, 7) is 4.77. The third-order valence-electron chi connectivity index (χ3n) is 4.86. The minimum Gasteiger partial charge on any atom is -0.381 e. The van der Waals surface area contributed by atoms with Crippen LogP contribution in [0.2, 0.25) is 0 Å². The van der Waals surface area contributed by atoms with Crippen molar-refractivity contribution < 1.29 is 14.3 Å². The Balaban J connectivity index is 1.38. The monoisotopic (exact) mass is 378 g/mol. The second-order valence-corrected chi connectivity index (χ2v) is 6.85. The number of carbonyl (C=O) groups is 1. The van der Waals surface area contributed by atoms with E-state index in [1.807, 2.05) is 18.1 Å². The van der Waals surface area contributed by atoms with E-state index in [2.05, 4.69) is 15.4 Å².